The lowest BCUT2D eigenvalue weighted by Crippen LogP contribution is -2.43. The van der Waals surface area contributed by atoms with Crippen LogP contribution >= 0.6 is 23.5 Å². The number of aromatic nitrogens is 2. The number of aryl methyl sites for hydroxylation is 1. The van der Waals surface area contributed by atoms with Crippen LogP contribution in [0.1, 0.15) is 12.5 Å². The van der Waals surface area contributed by atoms with E-state index >= 15 is 0 Å². The topological polar surface area (TPSA) is 33.0 Å². The Bertz CT molecular complexity index is 982. The zero-order valence-corrected chi connectivity index (χ0v) is 18.1. The molecule has 7 heteroatoms. The van der Waals surface area contributed by atoms with Crippen LogP contribution in [0.3, 0.4) is 0 Å². The third-order valence-electron chi connectivity index (χ3n) is 5.13. The van der Waals surface area contributed by atoms with Gasteiger partial charge in [-0.3, -0.25) is 0 Å². The molecule has 2 aromatic heterocycles. The summed E-state index contributed by atoms with van der Waals surface area (Å²) in [6.45, 7) is 8.53. The van der Waals surface area contributed by atoms with Gasteiger partial charge in [0.15, 0.2) is 0 Å². The van der Waals surface area contributed by atoms with Crippen LogP contribution in [0, 0.1) is 6.92 Å². The average molecular weight is 417 g/mol. The van der Waals surface area contributed by atoms with Gasteiger partial charge in [0.05, 0.1) is 17.8 Å². The van der Waals surface area contributed by atoms with Crippen molar-refractivity contribution in [1.82, 2.24) is 13.7 Å². The van der Waals surface area contributed by atoms with Crippen LogP contribution in [0.25, 0.3) is 16.9 Å². The zero-order valence-electron chi connectivity index (χ0n) is 16.5. The highest BCUT2D eigenvalue weighted by Crippen LogP contribution is 2.33. The van der Waals surface area contributed by atoms with E-state index in [1.807, 2.05) is 24.1 Å². The Morgan fingerprint density at radius 2 is 1.96 bits per heavy atom. The monoisotopic (exact) mass is 416 g/mol. The van der Waals surface area contributed by atoms with Crippen LogP contribution < -0.4 is 9.64 Å². The summed E-state index contributed by atoms with van der Waals surface area (Å²) in [4.78, 5) is 7.30. The van der Waals surface area contributed by atoms with Crippen LogP contribution in [0.4, 0.5) is 5.69 Å². The summed E-state index contributed by atoms with van der Waals surface area (Å²) in [5, 5.41) is 0.601. The minimum absolute atomic E-state index is 0.601. The van der Waals surface area contributed by atoms with E-state index in [0.29, 0.717) is 10.8 Å². The smallest absolute Gasteiger partial charge is 0.139 e. The van der Waals surface area contributed by atoms with E-state index < -0.39 is 0 Å². The lowest BCUT2D eigenvalue weighted by Gasteiger charge is -2.35. The van der Waals surface area contributed by atoms with Gasteiger partial charge in [-0.25, -0.2) is 9.29 Å². The fraction of sp³-hybridized carbons (Fsp3) is 0.381. The highest BCUT2D eigenvalue weighted by atomic mass is 35.5. The van der Waals surface area contributed by atoms with Gasteiger partial charge in [0.25, 0.3) is 0 Å². The molecule has 1 aliphatic heterocycles. The van der Waals surface area contributed by atoms with Crippen molar-refractivity contribution in [3.8, 4) is 17.0 Å². The normalized spacial score (nSPS) is 15.4. The predicted octanol–water partition coefficient (Wildman–Crippen LogP) is 4.76. The quantitative estimate of drug-likeness (QED) is 0.560. The Balaban J connectivity index is 1.60. The van der Waals surface area contributed by atoms with Crippen LogP contribution in [-0.2, 0) is 0 Å². The second-order valence-electron chi connectivity index (χ2n) is 6.91. The fourth-order valence-corrected chi connectivity index (χ4v) is 4.67. The minimum atomic E-state index is 0.601. The molecule has 1 aliphatic rings. The van der Waals surface area contributed by atoms with Gasteiger partial charge in [0.1, 0.15) is 11.4 Å². The van der Waals surface area contributed by atoms with E-state index in [4.69, 9.17) is 21.3 Å². The summed E-state index contributed by atoms with van der Waals surface area (Å²) in [5.74, 6) is 1.83. The van der Waals surface area contributed by atoms with Gasteiger partial charge in [0, 0.05) is 61.6 Å². The van der Waals surface area contributed by atoms with Crippen molar-refractivity contribution in [2.45, 2.75) is 13.8 Å². The second kappa shape index (κ2) is 8.23. The number of halogens is 1. The van der Waals surface area contributed by atoms with Gasteiger partial charge in [-0.1, -0.05) is 30.5 Å². The number of piperazine rings is 1. The number of methoxy groups -OCH3 is 1. The molecule has 0 saturated carbocycles. The van der Waals surface area contributed by atoms with Crippen LogP contribution in [0.2, 0.25) is 5.02 Å². The first-order valence-corrected chi connectivity index (χ1v) is 10.9. The summed E-state index contributed by atoms with van der Waals surface area (Å²) < 4.78 is 9.84. The minimum Gasteiger partial charge on any atom is -0.495 e. The highest BCUT2D eigenvalue weighted by molar-refractivity contribution is 7.96. The zero-order chi connectivity index (χ0) is 19.7. The second-order valence-corrected chi connectivity index (χ2v) is 8.67. The van der Waals surface area contributed by atoms with Crippen LogP contribution in [0.15, 0.2) is 36.7 Å². The molecule has 0 N–H and O–H groups in total. The molecule has 1 saturated heterocycles. The van der Waals surface area contributed by atoms with E-state index in [-0.39, 0.29) is 0 Å². The van der Waals surface area contributed by atoms with E-state index in [9.17, 15) is 0 Å². The standard InChI is InChI=1S/C21H25ClN4OS/c1-4-28-26-9-7-24(8-10-26)16-5-6-25-14-19(23-21(25)12-16)17-13-18(22)20(27-3)11-15(17)2/h5-6,11-14H,4,7-10H2,1-3H3. The molecule has 0 unspecified atom stereocenters. The molecule has 148 valence electrons. The molecule has 0 atom stereocenters. The van der Waals surface area contributed by atoms with Gasteiger partial charge in [0.2, 0.25) is 0 Å². The third-order valence-corrected chi connectivity index (χ3v) is 6.42. The molecule has 5 nitrogen and oxygen atoms in total. The van der Waals surface area contributed by atoms with Crippen molar-refractivity contribution >= 4 is 34.9 Å². The first-order valence-electron chi connectivity index (χ1n) is 9.55. The fourth-order valence-electron chi connectivity index (χ4n) is 3.64. The summed E-state index contributed by atoms with van der Waals surface area (Å²) in [7, 11) is 1.63. The maximum absolute atomic E-state index is 6.34. The molecule has 0 radical (unpaired) electrons. The van der Waals surface area contributed by atoms with Crippen LogP contribution in [-0.4, -0.2) is 52.7 Å². The number of hydrogen-bond donors (Lipinski definition) is 0. The number of nitrogens with zero attached hydrogens (tertiary/aromatic N) is 4. The van der Waals surface area contributed by atoms with E-state index in [2.05, 4.69) is 52.0 Å². The van der Waals surface area contributed by atoms with Gasteiger partial charge >= 0.3 is 0 Å². The number of hydrogen-bond acceptors (Lipinski definition) is 5. The summed E-state index contributed by atoms with van der Waals surface area (Å²) in [5.41, 5.74) is 5.22. The number of anilines is 1. The van der Waals surface area contributed by atoms with Crippen molar-refractivity contribution in [3.05, 3.63) is 47.2 Å². The molecule has 0 amide bonds. The maximum Gasteiger partial charge on any atom is 0.139 e. The number of benzene rings is 1. The van der Waals surface area contributed by atoms with Crippen molar-refractivity contribution in [2.24, 2.45) is 0 Å². The molecular formula is C21H25ClN4OS. The Kier molecular flexibility index (Phi) is 5.71. The van der Waals surface area contributed by atoms with E-state index in [1.165, 1.54) is 5.69 Å². The molecular weight excluding hydrogens is 392 g/mol. The molecule has 0 spiro atoms. The largest absolute Gasteiger partial charge is 0.495 e. The number of pyridine rings is 1. The molecule has 0 bridgehead atoms. The summed E-state index contributed by atoms with van der Waals surface area (Å²) >= 11 is 8.27. The number of fused-ring (bicyclic) bond motifs is 1. The summed E-state index contributed by atoms with van der Waals surface area (Å²) in [6, 6.07) is 8.24. The number of imidazole rings is 1. The van der Waals surface area contributed by atoms with Crippen molar-refractivity contribution in [1.29, 1.82) is 0 Å². The van der Waals surface area contributed by atoms with Crippen molar-refractivity contribution < 1.29 is 4.74 Å². The van der Waals surface area contributed by atoms with Gasteiger partial charge in [-0.15, -0.1) is 0 Å². The Morgan fingerprint density at radius 1 is 1.18 bits per heavy atom. The molecule has 28 heavy (non-hydrogen) atoms. The van der Waals surface area contributed by atoms with Crippen LogP contribution in [0.5, 0.6) is 5.75 Å². The Morgan fingerprint density at radius 3 is 2.68 bits per heavy atom. The first-order chi connectivity index (χ1) is 13.6. The van der Waals surface area contributed by atoms with Gasteiger partial charge in [-0.05, 0) is 30.7 Å². The molecule has 4 rings (SSSR count). The highest BCUT2D eigenvalue weighted by Gasteiger charge is 2.18. The lowest BCUT2D eigenvalue weighted by atomic mass is 10.1. The third kappa shape index (κ3) is 3.81. The first kappa shape index (κ1) is 19.4. The Labute approximate surface area is 175 Å². The predicted molar refractivity (Wildman–Crippen MR) is 119 cm³/mol. The molecule has 1 fully saturated rings. The summed E-state index contributed by atoms with van der Waals surface area (Å²) in [6.07, 6.45) is 4.15. The SMILES string of the molecule is CCSN1CCN(c2ccn3cc(-c4cc(Cl)c(OC)cc4C)nc3c2)CC1. The van der Waals surface area contributed by atoms with E-state index in [1.54, 1.807) is 7.11 Å². The Hall–Kier alpha value is -1.89. The van der Waals surface area contributed by atoms with Crippen molar-refractivity contribution in [2.75, 3.05) is 43.9 Å². The molecule has 3 aromatic rings. The molecule has 1 aromatic carbocycles. The number of rotatable bonds is 5. The number of ether oxygens (including phenoxy) is 1. The molecule has 3 heterocycles. The lowest BCUT2D eigenvalue weighted by molar-refractivity contribution is 0.415. The average Bonchev–Trinajstić information content (AvgIpc) is 3.13. The van der Waals surface area contributed by atoms with Gasteiger partial charge < -0.3 is 14.0 Å². The van der Waals surface area contributed by atoms with Gasteiger partial charge in [-0.2, -0.15) is 0 Å². The maximum atomic E-state index is 6.34. The van der Waals surface area contributed by atoms with E-state index in [0.717, 1.165) is 54.4 Å². The molecule has 0 aliphatic carbocycles. The van der Waals surface area contributed by atoms with Crippen molar-refractivity contribution in [3.63, 3.8) is 0 Å².